The quantitative estimate of drug-likeness (QED) is 0.479. The normalized spacial score (nSPS) is 10.9. The summed E-state index contributed by atoms with van der Waals surface area (Å²) in [6.45, 7) is -0.283. The van der Waals surface area contributed by atoms with Gasteiger partial charge in [-0.05, 0) is 35.0 Å². The van der Waals surface area contributed by atoms with Crippen molar-refractivity contribution in [3.05, 3.63) is 77.6 Å². The van der Waals surface area contributed by atoms with Crippen LogP contribution in [-0.4, -0.2) is 29.7 Å². The fourth-order valence-corrected chi connectivity index (χ4v) is 2.52. The predicted octanol–water partition coefficient (Wildman–Crippen LogP) is 2.56. The lowest BCUT2D eigenvalue weighted by atomic mass is 10.0. The van der Waals surface area contributed by atoms with Crippen molar-refractivity contribution in [3.8, 4) is 5.75 Å². The standard InChI is InChI=1S/C20H16FN3O3/c21-15-8-9-18(25)14(10-15)11-23-24-19(26)12-22-20(27)17-7-3-5-13-4-1-2-6-16(13)17/h1-11,25H,12H2,(H,22,27)(H,24,26). The van der Waals surface area contributed by atoms with E-state index in [-0.39, 0.29) is 23.8 Å². The first-order chi connectivity index (χ1) is 13.0. The summed E-state index contributed by atoms with van der Waals surface area (Å²) in [6, 6.07) is 16.2. The minimum atomic E-state index is -0.560. The number of amides is 2. The number of phenolic OH excluding ortho intramolecular Hbond substituents is 1. The molecule has 0 aliphatic heterocycles. The summed E-state index contributed by atoms with van der Waals surface area (Å²) in [5, 5.41) is 17.4. The Morgan fingerprint density at radius 1 is 1.07 bits per heavy atom. The molecular formula is C20H16FN3O3. The first-order valence-electron chi connectivity index (χ1n) is 8.11. The largest absolute Gasteiger partial charge is 0.507 e. The van der Waals surface area contributed by atoms with E-state index in [2.05, 4.69) is 15.8 Å². The molecule has 0 radical (unpaired) electrons. The fourth-order valence-electron chi connectivity index (χ4n) is 2.52. The number of aromatic hydroxyl groups is 1. The van der Waals surface area contributed by atoms with Gasteiger partial charge in [0.15, 0.2) is 0 Å². The maximum absolute atomic E-state index is 13.1. The zero-order valence-corrected chi connectivity index (χ0v) is 14.1. The maximum atomic E-state index is 13.1. The molecule has 0 aliphatic rings. The van der Waals surface area contributed by atoms with Crippen molar-refractivity contribution in [3.63, 3.8) is 0 Å². The second-order valence-electron chi connectivity index (χ2n) is 5.71. The molecule has 0 saturated heterocycles. The van der Waals surface area contributed by atoms with E-state index in [9.17, 15) is 19.1 Å². The molecule has 136 valence electrons. The molecule has 0 saturated carbocycles. The van der Waals surface area contributed by atoms with E-state index in [4.69, 9.17) is 0 Å². The van der Waals surface area contributed by atoms with Crippen LogP contribution in [0.1, 0.15) is 15.9 Å². The molecule has 3 aromatic rings. The second-order valence-corrected chi connectivity index (χ2v) is 5.71. The van der Waals surface area contributed by atoms with Crippen molar-refractivity contribution in [2.24, 2.45) is 5.10 Å². The van der Waals surface area contributed by atoms with Gasteiger partial charge in [0.2, 0.25) is 0 Å². The first kappa shape index (κ1) is 18.1. The number of hydrogen-bond acceptors (Lipinski definition) is 4. The number of fused-ring (bicyclic) bond motifs is 1. The number of carbonyl (C=O) groups is 2. The number of hydrazone groups is 1. The highest BCUT2D eigenvalue weighted by Gasteiger charge is 2.10. The first-order valence-corrected chi connectivity index (χ1v) is 8.11. The van der Waals surface area contributed by atoms with Crippen LogP contribution in [0.4, 0.5) is 4.39 Å². The van der Waals surface area contributed by atoms with Crippen LogP contribution in [0.25, 0.3) is 10.8 Å². The van der Waals surface area contributed by atoms with Crippen LogP contribution in [-0.2, 0) is 4.79 Å². The van der Waals surface area contributed by atoms with Crippen molar-refractivity contribution in [1.29, 1.82) is 0 Å². The SMILES string of the molecule is O=C(CNC(=O)c1cccc2ccccc12)NN=Cc1cc(F)ccc1O. The molecule has 3 rings (SSSR count). The molecule has 0 aromatic heterocycles. The molecule has 27 heavy (non-hydrogen) atoms. The van der Waals surface area contributed by atoms with Gasteiger partial charge < -0.3 is 10.4 Å². The third-order valence-electron chi connectivity index (χ3n) is 3.83. The van der Waals surface area contributed by atoms with E-state index in [1.165, 1.54) is 6.07 Å². The lowest BCUT2D eigenvalue weighted by Gasteiger charge is -2.07. The van der Waals surface area contributed by atoms with E-state index in [0.29, 0.717) is 5.56 Å². The van der Waals surface area contributed by atoms with Crippen LogP contribution in [0.2, 0.25) is 0 Å². The van der Waals surface area contributed by atoms with E-state index in [1.54, 1.807) is 12.1 Å². The molecule has 0 spiro atoms. The number of benzene rings is 3. The number of nitrogens with zero attached hydrogens (tertiary/aromatic N) is 1. The molecule has 0 bridgehead atoms. The van der Waals surface area contributed by atoms with Crippen LogP contribution >= 0.6 is 0 Å². The van der Waals surface area contributed by atoms with Gasteiger partial charge in [0.05, 0.1) is 12.8 Å². The third-order valence-corrected chi connectivity index (χ3v) is 3.83. The smallest absolute Gasteiger partial charge is 0.259 e. The van der Waals surface area contributed by atoms with Crippen molar-refractivity contribution >= 4 is 28.8 Å². The Morgan fingerprint density at radius 2 is 1.85 bits per heavy atom. The van der Waals surface area contributed by atoms with Gasteiger partial charge in [-0.1, -0.05) is 36.4 Å². The van der Waals surface area contributed by atoms with Crippen molar-refractivity contribution in [2.45, 2.75) is 0 Å². The summed E-state index contributed by atoms with van der Waals surface area (Å²) in [5.41, 5.74) is 2.79. The number of carbonyl (C=O) groups excluding carboxylic acids is 2. The number of hydrogen-bond donors (Lipinski definition) is 3. The minimum absolute atomic E-state index is 0.120. The number of halogens is 1. The summed E-state index contributed by atoms with van der Waals surface area (Å²) in [6.07, 6.45) is 1.11. The summed E-state index contributed by atoms with van der Waals surface area (Å²) in [7, 11) is 0. The van der Waals surface area contributed by atoms with Gasteiger partial charge >= 0.3 is 0 Å². The highest BCUT2D eigenvalue weighted by Crippen LogP contribution is 2.18. The Morgan fingerprint density at radius 3 is 2.70 bits per heavy atom. The van der Waals surface area contributed by atoms with Crippen LogP contribution < -0.4 is 10.7 Å². The van der Waals surface area contributed by atoms with Gasteiger partial charge in [0.25, 0.3) is 11.8 Å². The monoisotopic (exact) mass is 365 g/mol. The molecule has 0 heterocycles. The van der Waals surface area contributed by atoms with Gasteiger partial charge in [-0.3, -0.25) is 9.59 Å². The number of rotatable bonds is 5. The molecule has 0 unspecified atom stereocenters. The topological polar surface area (TPSA) is 90.8 Å². The average Bonchev–Trinajstić information content (AvgIpc) is 2.68. The summed E-state index contributed by atoms with van der Waals surface area (Å²) in [4.78, 5) is 24.1. The Hall–Kier alpha value is -3.74. The molecule has 3 N–H and O–H groups in total. The van der Waals surface area contributed by atoms with E-state index in [0.717, 1.165) is 29.1 Å². The van der Waals surface area contributed by atoms with E-state index in [1.807, 2.05) is 30.3 Å². The molecule has 0 aliphatic carbocycles. The highest BCUT2D eigenvalue weighted by atomic mass is 19.1. The number of nitrogens with one attached hydrogen (secondary N) is 2. The average molecular weight is 365 g/mol. The minimum Gasteiger partial charge on any atom is -0.507 e. The van der Waals surface area contributed by atoms with Crippen LogP contribution in [0.15, 0.2) is 65.8 Å². The molecule has 6 nitrogen and oxygen atoms in total. The van der Waals surface area contributed by atoms with Gasteiger partial charge in [-0.15, -0.1) is 0 Å². The number of phenols is 1. The van der Waals surface area contributed by atoms with Crippen LogP contribution in [0.3, 0.4) is 0 Å². The Balaban J connectivity index is 1.58. The lowest BCUT2D eigenvalue weighted by Crippen LogP contribution is -2.35. The summed E-state index contributed by atoms with van der Waals surface area (Å²) < 4.78 is 13.1. The molecule has 0 fully saturated rings. The van der Waals surface area contributed by atoms with Crippen LogP contribution in [0.5, 0.6) is 5.75 Å². The zero-order valence-electron chi connectivity index (χ0n) is 14.1. The van der Waals surface area contributed by atoms with Gasteiger partial charge in [-0.2, -0.15) is 5.10 Å². The second kappa shape index (κ2) is 8.09. The molecule has 0 atom stereocenters. The zero-order chi connectivity index (χ0) is 19.2. The lowest BCUT2D eigenvalue weighted by molar-refractivity contribution is -0.120. The fraction of sp³-hybridized carbons (Fsp3) is 0.0500. The molecule has 3 aromatic carbocycles. The Labute approximate surface area is 154 Å². The molecule has 7 heteroatoms. The van der Waals surface area contributed by atoms with Gasteiger partial charge in [-0.25, -0.2) is 9.82 Å². The third kappa shape index (κ3) is 4.46. The summed E-state index contributed by atoms with van der Waals surface area (Å²) >= 11 is 0. The summed E-state index contributed by atoms with van der Waals surface area (Å²) in [5.74, 6) is -1.65. The highest BCUT2D eigenvalue weighted by molar-refractivity contribution is 6.07. The maximum Gasteiger partial charge on any atom is 0.259 e. The van der Waals surface area contributed by atoms with E-state index >= 15 is 0 Å². The van der Waals surface area contributed by atoms with Gasteiger partial charge in [0, 0.05) is 11.1 Å². The van der Waals surface area contributed by atoms with Gasteiger partial charge in [0.1, 0.15) is 11.6 Å². The van der Waals surface area contributed by atoms with Crippen molar-refractivity contribution < 1.29 is 19.1 Å². The molecular weight excluding hydrogens is 349 g/mol. The van der Waals surface area contributed by atoms with E-state index < -0.39 is 11.7 Å². The Bertz CT molecular complexity index is 1030. The van der Waals surface area contributed by atoms with Crippen molar-refractivity contribution in [2.75, 3.05) is 6.54 Å². The predicted molar refractivity (Wildman–Crippen MR) is 100 cm³/mol. The Kier molecular flexibility index (Phi) is 5.41. The van der Waals surface area contributed by atoms with Crippen LogP contribution in [0, 0.1) is 5.82 Å². The molecule has 2 amide bonds. The van der Waals surface area contributed by atoms with Crippen molar-refractivity contribution in [1.82, 2.24) is 10.7 Å².